The van der Waals surface area contributed by atoms with E-state index in [1.165, 1.54) is 7.11 Å². The molecule has 0 unspecified atom stereocenters. The van der Waals surface area contributed by atoms with Gasteiger partial charge >= 0.3 is 0 Å². The van der Waals surface area contributed by atoms with Crippen molar-refractivity contribution in [2.75, 3.05) is 13.7 Å². The van der Waals surface area contributed by atoms with Crippen LogP contribution in [0.5, 0.6) is 0 Å². The van der Waals surface area contributed by atoms with Gasteiger partial charge in [-0.15, -0.1) is 0 Å². The van der Waals surface area contributed by atoms with Gasteiger partial charge in [-0.05, 0) is 18.4 Å². The van der Waals surface area contributed by atoms with E-state index in [0.29, 0.717) is 12.1 Å². The van der Waals surface area contributed by atoms with Gasteiger partial charge in [-0.1, -0.05) is 18.6 Å². The minimum absolute atomic E-state index is 0.0820. The first-order valence-corrected chi connectivity index (χ1v) is 5.81. The van der Waals surface area contributed by atoms with Gasteiger partial charge in [0, 0.05) is 24.6 Å². The van der Waals surface area contributed by atoms with E-state index in [0.717, 1.165) is 19.3 Å². The van der Waals surface area contributed by atoms with Crippen molar-refractivity contribution in [3.63, 3.8) is 0 Å². The number of rotatable bonds is 4. The number of hydrogen-bond donors (Lipinski definition) is 1. The molecule has 1 aromatic rings. The third-order valence-corrected chi connectivity index (χ3v) is 3.73. The lowest BCUT2D eigenvalue weighted by Crippen LogP contribution is -2.42. The fourth-order valence-electron chi connectivity index (χ4n) is 2.45. The van der Waals surface area contributed by atoms with Gasteiger partial charge in [-0.25, -0.2) is 8.78 Å². The first-order valence-electron chi connectivity index (χ1n) is 5.81. The van der Waals surface area contributed by atoms with Crippen LogP contribution >= 0.6 is 0 Å². The van der Waals surface area contributed by atoms with Crippen molar-refractivity contribution in [2.45, 2.75) is 31.3 Å². The van der Waals surface area contributed by atoms with Crippen molar-refractivity contribution >= 4 is 0 Å². The number of nitrogens with two attached hydrogens (primary N) is 1. The van der Waals surface area contributed by atoms with Crippen molar-refractivity contribution < 1.29 is 13.5 Å². The van der Waals surface area contributed by atoms with E-state index >= 15 is 0 Å². The smallest absolute Gasteiger partial charge is 0.164 e. The lowest BCUT2D eigenvalue weighted by Gasteiger charge is -2.41. The topological polar surface area (TPSA) is 35.2 Å². The van der Waals surface area contributed by atoms with Gasteiger partial charge in [0.05, 0.1) is 6.61 Å². The quantitative estimate of drug-likeness (QED) is 0.879. The Balaban J connectivity index is 2.40. The van der Waals surface area contributed by atoms with Crippen LogP contribution in [0.1, 0.15) is 30.4 Å². The molecule has 0 radical (unpaired) electrons. The molecular formula is C13H17F2NO. The highest BCUT2D eigenvalue weighted by Gasteiger charge is 2.40. The van der Waals surface area contributed by atoms with Gasteiger partial charge in [0.25, 0.3) is 0 Å². The highest BCUT2D eigenvalue weighted by Crippen LogP contribution is 2.44. The average Bonchev–Trinajstić information content (AvgIpc) is 2.27. The van der Waals surface area contributed by atoms with E-state index < -0.39 is 11.6 Å². The Hall–Kier alpha value is -1.00. The van der Waals surface area contributed by atoms with E-state index in [2.05, 4.69) is 0 Å². The van der Waals surface area contributed by atoms with Crippen LogP contribution in [0, 0.1) is 11.6 Å². The molecule has 0 bridgehead atoms. The molecular weight excluding hydrogens is 224 g/mol. The van der Waals surface area contributed by atoms with Gasteiger partial charge in [-0.2, -0.15) is 0 Å². The maximum atomic E-state index is 14.0. The van der Waals surface area contributed by atoms with E-state index in [4.69, 9.17) is 10.5 Å². The van der Waals surface area contributed by atoms with Gasteiger partial charge < -0.3 is 10.5 Å². The summed E-state index contributed by atoms with van der Waals surface area (Å²) in [6.07, 6.45) is 2.70. The van der Waals surface area contributed by atoms with E-state index in [1.807, 2.05) is 0 Å². The summed E-state index contributed by atoms with van der Waals surface area (Å²) in [6.45, 7) is 0.450. The van der Waals surface area contributed by atoms with Crippen molar-refractivity contribution in [1.82, 2.24) is 0 Å². The molecule has 4 heteroatoms. The molecule has 1 fully saturated rings. The minimum Gasteiger partial charge on any atom is -0.380 e. The summed E-state index contributed by atoms with van der Waals surface area (Å²) in [6, 6.07) is 3.24. The molecule has 1 saturated carbocycles. The fourth-order valence-corrected chi connectivity index (χ4v) is 2.45. The number of ether oxygens (including phenoxy) is 1. The Labute approximate surface area is 99.8 Å². The zero-order valence-corrected chi connectivity index (χ0v) is 9.93. The molecule has 0 spiro atoms. The molecule has 1 aliphatic rings. The number of hydrogen-bond acceptors (Lipinski definition) is 2. The van der Waals surface area contributed by atoms with E-state index in [-0.39, 0.29) is 17.6 Å². The first-order chi connectivity index (χ1) is 8.14. The molecule has 1 aromatic carbocycles. The predicted molar refractivity (Wildman–Crippen MR) is 61.7 cm³/mol. The molecule has 94 valence electrons. The van der Waals surface area contributed by atoms with Crippen LogP contribution in [0.4, 0.5) is 8.78 Å². The Morgan fingerprint density at radius 1 is 1.29 bits per heavy atom. The van der Waals surface area contributed by atoms with Crippen LogP contribution < -0.4 is 5.73 Å². The molecule has 2 nitrogen and oxygen atoms in total. The molecule has 0 atom stereocenters. The monoisotopic (exact) mass is 241 g/mol. The SMILES string of the molecule is COCc1ccc(C2(CN)CCC2)c(F)c1F. The van der Waals surface area contributed by atoms with Crippen molar-refractivity contribution in [3.05, 3.63) is 34.9 Å². The van der Waals surface area contributed by atoms with Crippen LogP contribution in [0.15, 0.2) is 12.1 Å². The summed E-state index contributed by atoms with van der Waals surface area (Å²) in [4.78, 5) is 0. The largest absolute Gasteiger partial charge is 0.380 e. The molecule has 0 saturated heterocycles. The van der Waals surface area contributed by atoms with Crippen LogP contribution in [0.2, 0.25) is 0 Å². The summed E-state index contributed by atoms with van der Waals surface area (Å²) in [5.41, 5.74) is 6.02. The van der Waals surface area contributed by atoms with Crippen LogP contribution in [0.25, 0.3) is 0 Å². The van der Waals surface area contributed by atoms with Crippen LogP contribution in [-0.2, 0) is 16.8 Å². The third kappa shape index (κ3) is 1.96. The van der Waals surface area contributed by atoms with E-state index in [9.17, 15) is 8.78 Å². The number of benzene rings is 1. The Morgan fingerprint density at radius 2 is 2.00 bits per heavy atom. The summed E-state index contributed by atoms with van der Waals surface area (Å²) < 4.78 is 32.6. The maximum absolute atomic E-state index is 14.0. The Kier molecular flexibility index (Phi) is 3.45. The van der Waals surface area contributed by atoms with Crippen molar-refractivity contribution in [2.24, 2.45) is 5.73 Å². The maximum Gasteiger partial charge on any atom is 0.164 e. The summed E-state index contributed by atoms with van der Waals surface area (Å²) in [5.74, 6) is -1.56. The van der Waals surface area contributed by atoms with Gasteiger partial charge in [0.1, 0.15) is 0 Å². The Morgan fingerprint density at radius 3 is 2.47 bits per heavy atom. The third-order valence-electron chi connectivity index (χ3n) is 3.73. The molecule has 0 aliphatic heterocycles. The summed E-state index contributed by atoms with van der Waals surface area (Å²) in [7, 11) is 1.46. The van der Waals surface area contributed by atoms with Gasteiger partial charge in [0.15, 0.2) is 11.6 Å². The highest BCUT2D eigenvalue weighted by atomic mass is 19.2. The Bertz CT molecular complexity index is 411. The second-order valence-electron chi connectivity index (χ2n) is 4.67. The lowest BCUT2D eigenvalue weighted by atomic mass is 9.64. The van der Waals surface area contributed by atoms with Crippen molar-refractivity contribution in [3.8, 4) is 0 Å². The normalized spacial score (nSPS) is 17.9. The highest BCUT2D eigenvalue weighted by molar-refractivity contribution is 5.34. The summed E-state index contributed by atoms with van der Waals surface area (Å²) >= 11 is 0. The van der Waals surface area contributed by atoms with Gasteiger partial charge in [0.2, 0.25) is 0 Å². The zero-order valence-electron chi connectivity index (χ0n) is 9.93. The molecule has 17 heavy (non-hydrogen) atoms. The molecule has 2 rings (SSSR count). The van der Waals surface area contributed by atoms with Crippen LogP contribution in [-0.4, -0.2) is 13.7 Å². The van der Waals surface area contributed by atoms with Crippen LogP contribution in [0.3, 0.4) is 0 Å². The molecule has 2 N–H and O–H groups in total. The average molecular weight is 241 g/mol. The first kappa shape index (κ1) is 12.5. The lowest BCUT2D eigenvalue weighted by molar-refractivity contribution is 0.179. The second kappa shape index (κ2) is 4.70. The number of halogens is 2. The molecule has 0 heterocycles. The zero-order chi connectivity index (χ0) is 12.5. The predicted octanol–water partition coefficient (Wildman–Crippen LogP) is 2.49. The van der Waals surface area contributed by atoms with E-state index in [1.54, 1.807) is 12.1 Å². The fraction of sp³-hybridized carbons (Fsp3) is 0.538. The summed E-state index contributed by atoms with van der Waals surface area (Å²) in [5, 5.41) is 0. The second-order valence-corrected chi connectivity index (χ2v) is 4.67. The molecule has 1 aliphatic carbocycles. The molecule has 0 aromatic heterocycles. The molecule has 0 amide bonds. The van der Waals surface area contributed by atoms with Crippen molar-refractivity contribution in [1.29, 1.82) is 0 Å². The standard InChI is InChI=1S/C13H17F2NO/c1-17-7-9-3-4-10(12(15)11(9)14)13(8-16)5-2-6-13/h3-4H,2,5-8,16H2,1H3. The number of methoxy groups -OCH3 is 1. The minimum atomic E-state index is -0.802. The van der Waals surface area contributed by atoms with Gasteiger partial charge in [-0.3, -0.25) is 0 Å².